The number of aryl methyl sites for hydroxylation is 1. The number of aliphatic hydroxyl groups excluding tert-OH is 1. The number of alkyl halides is 3. The topological polar surface area (TPSA) is 75.6 Å². The summed E-state index contributed by atoms with van der Waals surface area (Å²) in [5.41, 5.74) is -0.464. The molecular formula is C20H22F3NO4. The van der Waals surface area contributed by atoms with E-state index in [1.807, 2.05) is 6.79 Å². The first-order valence-corrected chi connectivity index (χ1v) is 8.34. The molecule has 0 heterocycles. The second-order valence-electron chi connectivity index (χ2n) is 5.87. The number of rotatable bonds is 4. The van der Waals surface area contributed by atoms with E-state index in [9.17, 15) is 18.0 Å². The lowest BCUT2D eigenvalue weighted by Crippen LogP contribution is -2.16. The molecule has 1 aliphatic carbocycles. The average molecular weight is 397 g/mol. The summed E-state index contributed by atoms with van der Waals surface area (Å²) in [6.45, 7) is 3.55. The van der Waals surface area contributed by atoms with Crippen LogP contribution in [0.1, 0.15) is 24.0 Å². The maximum atomic E-state index is 13.4. The summed E-state index contributed by atoms with van der Waals surface area (Å²) < 4.78 is 45.8. The van der Waals surface area contributed by atoms with E-state index in [1.165, 1.54) is 6.07 Å². The van der Waals surface area contributed by atoms with Crippen LogP contribution in [0.5, 0.6) is 11.5 Å². The maximum absolute atomic E-state index is 13.4. The Kier molecular flexibility index (Phi) is 8.66. The standard InChI is InChI=1S/C18H16F3NO2.CH4O.CH2O/c1-11-9-14(18(19,20)21)16(24-13-5-3-2-4-6-13)15(10-11)22-17(23)12-7-8-12;2*1-2/h2-6,9-10,12H,7-8H2,1H3,(H,22,23);2H,1H3;1H2. The molecule has 0 radical (unpaired) electrons. The summed E-state index contributed by atoms with van der Waals surface area (Å²) in [6, 6.07) is 10.7. The number of carbonyl (C=O) groups is 2. The largest absolute Gasteiger partial charge is 0.455 e. The number of nitrogens with one attached hydrogen (secondary N) is 1. The molecule has 0 aliphatic heterocycles. The van der Waals surface area contributed by atoms with Crippen molar-refractivity contribution in [3.8, 4) is 11.5 Å². The van der Waals surface area contributed by atoms with Crippen LogP contribution in [0.25, 0.3) is 0 Å². The number of ether oxygens (including phenoxy) is 1. The number of aliphatic hydroxyl groups is 1. The first-order valence-electron chi connectivity index (χ1n) is 8.34. The van der Waals surface area contributed by atoms with Crippen LogP contribution in [0.3, 0.4) is 0 Å². The monoisotopic (exact) mass is 397 g/mol. The van der Waals surface area contributed by atoms with Crippen LogP contribution in [0.15, 0.2) is 42.5 Å². The lowest BCUT2D eigenvalue weighted by atomic mass is 10.1. The van der Waals surface area contributed by atoms with Gasteiger partial charge in [0.2, 0.25) is 5.91 Å². The van der Waals surface area contributed by atoms with Gasteiger partial charge in [-0.1, -0.05) is 18.2 Å². The van der Waals surface area contributed by atoms with E-state index in [0.717, 1.165) is 26.0 Å². The van der Waals surface area contributed by atoms with E-state index in [1.54, 1.807) is 37.3 Å². The van der Waals surface area contributed by atoms with Gasteiger partial charge in [0.15, 0.2) is 5.75 Å². The molecule has 2 aromatic rings. The van der Waals surface area contributed by atoms with Crippen molar-refractivity contribution in [2.45, 2.75) is 25.9 Å². The second kappa shape index (κ2) is 10.5. The van der Waals surface area contributed by atoms with Gasteiger partial charge in [-0.25, -0.2) is 0 Å². The van der Waals surface area contributed by atoms with Crippen molar-refractivity contribution in [2.75, 3.05) is 12.4 Å². The van der Waals surface area contributed by atoms with Gasteiger partial charge in [0, 0.05) is 13.0 Å². The van der Waals surface area contributed by atoms with Gasteiger partial charge in [-0.15, -0.1) is 0 Å². The third-order valence-electron chi connectivity index (χ3n) is 3.71. The Labute approximate surface area is 161 Å². The molecule has 0 saturated heterocycles. The van der Waals surface area contributed by atoms with Gasteiger partial charge in [0.05, 0.1) is 5.69 Å². The van der Waals surface area contributed by atoms with E-state index in [-0.39, 0.29) is 29.0 Å². The zero-order chi connectivity index (χ0) is 21.3. The molecule has 8 heteroatoms. The van der Waals surface area contributed by atoms with Crippen molar-refractivity contribution >= 4 is 18.4 Å². The number of hydrogen-bond donors (Lipinski definition) is 2. The summed E-state index contributed by atoms with van der Waals surface area (Å²) in [7, 11) is 1.00. The number of anilines is 1. The minimum atomic E-state index is -4.59. The molecule has 2 aromatic carbocycles. The molecule has 1 saturated carbocycles. The zero-order valence-electron chi connectivity index (χ0n) is 15.5. The molecule has 1 fully saturated rings. The number of hydrogen-bond acceptors (Lipinski definition) is 4. The third-order valence-corrected chi connectivity index (χ3v) is 3.71. The lowest BCUT2D eigenvalue weighted by molar-refractivity contribution is -0.138. The Balaban J connectivity index is 0.000000921. The van der Waals surface area contributed by atoms with E-state index in [0.29, 0.717) is 5.56 Å². The van der Waals surface area contributed by atoms with Gasteiger partial charge in [0.1, 0.15) is 18.1 Å². The fourth-order valence-electron chi connectivity index (χ4n) is 2.37. The summed E-state index contributed by atoms with van der Waals surface area (Å²) in [6.07, 6.45) is -3.06. The molecule has 0 aromatic heterocycles. The SMILES string of the molecule is C=O.CO.Cc1cc(NC(=O)C2CC2)c(Oc2ccccc2)c(C(F)(F)F)c1. The number of amides is 1. The average Bonchev–Trinajstić information content (AvgIpc) is 3.52. The van der Waals surface area contributed by atoms with E-state index < -0.39 is 11.7 Å². The smallest absolute Gasteiger partial charge is 0.420 e. The molecule has 0 bridgehead atoms. The van der Waals surface area contributed by atoms with Crippen molar-refractivity contribution < 1.29 is 32.6 Å². The van der Waals surface area contributed by atoms with Crippen molar-refractivity contribution in [1.82, 2.24) is 0 Å². The number of benzene rings is 2. The molecule has 0 atom stereocenters. The zero-order valence-corrected chi connectivity index (χ0v) is 15.5. The molecule has 2 N–H and O–H groups in total. The first kappa shape index (κ1) is 23.2. The first-order chi connectivity index (χ1) is 13.3. The summed E-state index contributed by atoms with van der Waals surface area (Å²) in [5.74, 6) is -0.502. The number of carbonyl (C=O) groups excluding carboxylic acids is 2. The minimum absolute atomic E-state index is 0.0445. The highest BCUT2D eigenvalue weighted by molar-refractivity contribution is 5.95. The van der Waals surface area contributed by atoms with Crippen molar-refractivity contribution in [1.29, 1.82) is 0 Å². The summed E-state index contributed by atoms with van der Waals surface area (Å²) in [5, 5.41) is 9.58. The Bertz CT molecular complexity index is 775. The van der Waals surface area contributed by atoms with Gasteiger partial charge in [-0.3, -0.25) is 4.79 Å². The number of para-hydroxylation sites is 1. The molecule has 152 valence electrons. The Morgan fingerprint density at radius 1 is 1.14 bits per heavy atom. The fraction of sp³-hybridized carbons (Fsp3) is 0.300. The molecule has 0 unspecified atom stereocenters. The third kappa shape index (κ3) is 6.38. The second-order valence-corrected chi connectivity index (χ2v) is 5.87. The Morgan fingerprint density at radius 3 is 2.21 bits per heavy atom. The highest BCUT2D eigenvalue weighted by atomic mass is 19.4. The van der Waals surface area contributed by atoms with Crippen molar-refractivity contribution in [2.24, 2.45) is 5.92 Å². The van der Waals surface area contributed by atoms with Crippen LogP contribution in [0, 0.1) is 12.8 Å². The van der Waals surface area contributed by atoms with Crippen LogP contribution < -0.4 is 10.1 Å². The Hall–Kier alpha value is -2.87. The highest BCUT2D eigenvalue weighted by Crippen LogP contribution is 2.44. The van der Waals surface area contributed by atoms with Gasteiger partial charge < -0.3 is 20.0 Å². The van der Waals surface area contributed by atoms with Gasteiger partial charge >= 0.3 is 6.18 Å². The molecule has 28 heavy (non-hydrogen) atoms. The van der Waals surface area contributed by atoms with Crippen LogP contribution in [0.2, 0.25) is 0 Å². The van der Waals surface area contributed by atoms with Crippen LogP contribution in [-0.2, 0) is 15.8 Å². The van der Waals surface area contributed by atoms with E-state index >= 15 is 0 Å². The predicted molar refractivity (Wildman–Crippen MR) is 99.3 cm³/mol. The van der Waals surface area contributed by atoms with Gasteiger partial charge in [0.25, 0.3) is 0 Å². The fourth-order valence-corrected chi connectivity index (χ4v) is 2.37. The molecule has 3 rings (SSSR count). The van der Waals surface area contributed by atoms with E-state index in [4.69, 9.17) is 14.6 Å². The quantitative estimate of drug-likeness (QED) is 0.792. The van der Waals surface area contributed by atoms with Crippen LogP contribution >= 0.6 is 0 Å². The van der Waals surface area contributed by atoms with Crippen molar-refractivity contribution in [3.63, 3.8) is 0 Å². The molecule has 5 nitrogen and oxygen atoms in total. The summed E-state index contributed by atoms with van der Waals surface area (Å²) >= 11 is 0. The number of halogens is 3. The Morgan fingerprint density at radius 2 is 1.71 bits per heavy atom. The molecule has 1 aliphatic rings. The van der Waals surface area contributed by atoms with Gasteiger partial charge in [-0.05, 0) is 49.6 Å². The summed E-state index contributed by atoms with van der Waals surface area (Å²) in [4.78, 5) is 20.0. The molecular weight excluding hydrogens is 375 g/mol. The van der Waals surface area contributed by atoms with E-state index in [2.05, 4.69) is 5.32 Å². The predicted octanol–water partition coefficient (Wildman–Crippen LogP) is 4.58. The maximum Gasteiger partial charge on any atom is 0.420 e. The van der Waals surface area contributed by atoms with Crippen LogP contribution in [-0.4, -0.2) is 24.9 Å². The lowest BCUT2D eigenvalue weighted by Gasteiger charge is -2.19. The molecule has 1 amide bonds. The minimum Gasteiger partial charge on any atom is -0.455 e. The normalized spacial score (nSPS) is 12.6. The van der Waals surface area contributed by atoms with Crippen molar-refractivity contribution in [3.05, 3.63) is 53.6 Å². The van der Waals surface area contributed by atoms with Gasteiger partial charge in [-0.2, -0.15) is 13.2 Å². The van der Waals surface area contributed by atoms with Crippen LogP contribution in [0.4, 0.5) is 18.9 Å². The highest BCUT2D eigenvalue weighted by Gasteiger charge is 2.37. The molecule has 0 spiro atoms.